The first-order chi connectivity index (χ1) is 9.13. The van der Waals surface area contributed by atoms with E-state index in [0.29, 0.717) is 6.54 Å². The zero-order valence-corrected chi connectivity index (χ0v) is 10.8. The van der Waals surface area contributed by atoms with Gasteiger partial charge in [-0.3, -0.25) is 4.79 Å². The van der Waals surface area contributed by atoms with Crippen molar-refractivity contribution in [1.82, 2.24) is 5.32 Å². The molecular formula is C14H18N2O3. The predicted octanol–water partition coefficient (Wildman–Crippen LogP) is 0.931. The van der Waals surface area contributed by atoms with Crippen molar-refractivity contribution in [3.8, 4) is 0 Å². The van der Waals surface area contributed by atoms with Gasteiger partial charge in [0.25, 0.3) is 0 Å². The number of carbonyl (C=O) groups excluding carboxylic acids is 1. The minimum Gasteiger partial charge on any atom is -0.461 e. The van der Waals surface area contributed by atoms with E-state index < -0.39 is 12.0 Å². The van der Waals surface area contributed by atoms with Gasteiger partial charge in [-0.2, -0.15) is 0 Å². The van der Waals surface area contributed by atoms with E-state index in [0.717, 1.165) is 28.7 Å². The number of aliphatic hydroxyl groups excluding tert-OH is 1. The number of hydrogen-bond acceptors (Lipinski definition) is 4. The standard InChI is InChI=1S/C14H18N2O3/c1-2-12-10(7-16-8-11(17)14(15)18)9-5-3-4-6-13(9)19-12/h3-6,11,16-17H,2,7-8H2,1H3,(H2,15,18). The number of para-hydroxylation sites is 1. The Labute approximate surface area is 111 Å². The van der Waals surface area contributed by atoms with Crippen LogP contribution >= 0.6 is 0 Å². The number of rotatable bonds is 6. The zero-order chi connectivity index (χ0) is 13.8. The third-order valence-electron chi connectivity index (χ3n) is 3.07. The number of fused-ring (bicyclic) bond motifs is 1. The Hall–Kier alpha value is -1.85. The van der Waals surface area contributed by atoms with Gasteiger partial charge in [0, 0.05) is 30.5 Å². The number of furan rings is 1. The molecule has 1 unspecified atom stereocenters. The Morgan fingerprint density at radius 3 is 2.89 bits per heavy atom. The average molecular weight is 262 g/mol. The molecule has 2 rings (SSSR count). The summed E-state index contributed by atoms with van der Waals surface area (Å²) >= 11 is 0. The first-order valence-corrected chi connectivity index (χ1v) is 6.30. The monoisotopic (exact) mass is 262 g/mol. The number of nitrogens with two attached hydrogens (primary N) is 1. The topological polar surface area (TPSA) is 88.5 Å². The van der Waals surface area contributed by atoms with Crippen LogP contribution in [0.15, 0.2) is 28.7 Å². The molecule has 1 atom stereocenters. The summed E-state index contributed by atoms with van der Waals surface area (Å²) in [5, 5.41) is 13.4. The van der Waals surface area contributed by atoms with Gasteiger partial charge in [-0.05, 0) is 6.07 Å². The van der Waals surface area contributed by atoms with Crippen LogP contribution in [0.3, 0.4) is 0 Å². The summed E-state index contributed by atoms with van der Waals surface area (Å²) < 4.78 is 5.76. The average Bonchev–Trinajstić information content (AvgIpc) is 2.76. The van der Waals surface area contributed by atoms with Crippen LogP contribution < -0.4 is 11.1 Å². The molecule has 2 aromatic rings. The van der Waals surface area contributed by atoms with Crippen LogP contribution in [0.4, 0.5) is 0 Å². The van der Waals surface area contributed by atoms with Gasteiger partial charge >= 0.3 is 0 Å². The summed E-state index contributed by atoms with van der Waals surface area (Å²) in [6, 6.07) is 7.81. The van der Waals surface area contributed by atoms with Crippen molar-refractivity contribution >= 4 is 16.9 Å². The molecule has 5 heteroatoms. The van der Waals surface area contributed by atoms with E-state index in [4.69, 9.17) is 10.2 Å². The van der Waals surface area contributed by atoms with E-state index in [-0.39, 0.29) is 6.54 Å². The van der Waals surface area contributed by atoms with Crippen molar-refractivity contribution in [2.24, 2.45) is 5.73 Å². The van der Waals surface area contributed by atoms with Gasteiger partial charge in [0.15, 0.2) is 0 Å². The zero-order valence-electron chi connectivity index (χ0n) is 10.8. The first kappa shape index (κ1) is 13.6. The molecule has 4 N–H and O–H groups in total. The maximum absolute atomic E-state index is 10.7. The second-order valence-electron chi connectivity index (χ2n) is 4.40. The smallest absolute Gasteiger partial charge is 0.247 e. The van der Waals surface area contributed by atoms with Gasteiger partial charge < -0.3 is 20.6 Å². The molecule has 0 fully saturated rings. The molecule has 1 heterocycles. The highest BCUT2D eigenvalue weighted by Gasteiger charge is 2.14. The van der Waals surface area contributed by atoms with Crippen molar-refractivity contribution in [2.75, 3.05) is 6.54 Å². The van der Waals surface area contributed by atoms with Gasteiger partial charge in [-0.15, -0.1) is 0 Å². The molecule has 0 saturated heterocycles. The largest absolute Gasteiger partial charge is 0.461 e. The van der Waals surface area contributed by atoms with Crippen molar-refractivity contribution < 1.29 is 14.3 Å². The van der Waals surface area contributed by atoms with E-state index in [2.05, 4.69) is 5.32 Å². The summed E-state index contributed by atoms with van der Waals surface area (Å²) in [7, 11) is 0. The molecule has 0 saturated carbocycles. The molecule has 0 bridgehead atoms. The maximum Gasteiger partial charge on any atom is 0.247 e. The summed E-state index contributed by atoms with van der Waals surface area (Å²) in [6.07, 6.45) is -0.368. The highest BCUT2D eigenvalue weighted by atomic mass is 16.3. The molecule has 0 aliphatic heterocycles. The van der Waals surface area contributed by atoms with Crippen LogP contribution in [-0.4, -0.2) is 23.7 Å². The molecule has 19 heavy (non-hydrogen) atoms. The van der Waals surface area contributed by atoms with E-state index in [9.17, 15) is 9.90 Å². The van der Waals surface area contributed by atoms with Crippen LogP contribution in [0, 0.1) is 0 Å². The third kappa shape index (κ3) is 2.94. The molecule has 0 spiro atoms. The number of amides is 1. The van der Waals surface area contributed by atoms with E-state index in [1.165, 1.54) is 0 Å². The SMILES string of the molecule is CCc1oc2ccccc2c1CNCC(O)C(N)=O. The number of aliphatic hydroxyl groups is 1. The van der Waals surface area contributed by atoms with Gasteiger partial charge in [-0.25, -0.2) is 0 Å². The van der Waals surface area contributed by atoms with Gasteiger partial charge in [0.2, 0.25) is 5.91 Å². The van der Waals surface area contributed by atoms with Crippen molar-refractivity contribution in [1.29, 1.82) is 0 Å². The number of benzene rings is 1. The number of carbonyl (C=O) groups is 1. The Morgan fingerprint density at radius 2 is 2.21 bits per heavy atom. The Kier molecular flexibility index (Phi) is 4.19. The summed E-state index contributed by atoms with van der Waals surface area (Å²) in [5.74, 6) is 0.197. The molecule has 1 aromatic heterocycles. The molecule has 5 nitrogen and oxygen atoms in total. The molecule has 0 aliphatic carbocycles. The van der Waals surface area contributed by atoms with Crippen LogP contribution in [0.25, 0.3) is 11.0 Å². The van der Waals surface area contributed by atoms with Crippen LogP contribution in [0.2, 0.25) is 0 Å². The fourth-order valence-corrected chi connectivity index (χ4v) is 2.06. The Bertz CT molecular complexity index is 577. The predicted molar refractivity (Wildman–Crippen MR) is 72.5 cm³/mol. The van der Waals surface area contributed by atoms with E-state index >= 15 is 0 Å². The lowest BCUT2D eigenvalue weighted by Crippen LogP contribution is -2.37. The lowest BCUT2D eigenvalue weighted by molar-refractivity contribution is -0.125. The van der Waals surface area contributed by atoms with Gasteiger partial charge in [0.05, 0.1) is 0 Å². The van der Waals surface area contributed by atoms with Crippen molar-refractivity contribution in [3.63, 3.8) is 0 Å². The molecule has 0 aliphatic rings. The molecule has 1 amide bonds. The van der Waals surface area contributed by atoms with Crippen LogP contribution in [0.5, 0.6) is 0 Å². The second-order valence-corrected chi connectivity index (χ2v) is 4.40. The number of primary amides is 1. The highest BCUT2D eigenvalue weighted by Crippen LogP contribution is 2.26. The fraction of sp³-hybridized carbons (Fsp3) is 0.357. The van der Waals surface area contributed by atoms with Gasteiger partial charge in [-0.1, -0.05) is 25.1 Å². The molecule has 0 radical (unpaired) electrons. The van der Waals surface area contributed by atoms with Crippen LogP contribution in [-0.2, 0) is 17.8 Å². The van der Waals surface area contributed by atoms with Crippen molar-refractivity contribution in [3.05, 3.63) is 35.6 Å². The third-order valence-corrected chi connectivity index (χ3v) is 3.07. The maximum atomic E-state index is 10.7. The Morgan fingerprint density at radius 1 is 1.47 bits per heavy atom. The number of aryl methyl sites for hydroxylation is 1. The molecule has 102 valence electrons. The minimum absolute atomic E-state index is 0.137. The first-order valence-electron chi connectivity index (χ1n) is 6.30. The lowest BCUT2D eigenvalue weighted by atomic mass is 10.1. The molecular weight excluding hydrogens is 244 g/mol. The lowest BCUT2D eigenvalue weighted by Gasteiger charge is -2.08. The van der Waals surface area contributed by atoms with Crippen molar-refractivity contribution in [2.45, 2.75) is 26.0 Å². The highest BCUT2D eigenvalue weighted by molar-refractivity contribution is 5.82. The number of hydrogen-bond donors (Lipinski definition) is 3. The Balaban J connectivity index is 2.13. The number of nitrogens with one attached hydrogen (secondary N) is 1. The second kappa shape index (κ2) is 5.86. The summed E-state index contributed by atoms with van der Waals surface area (Å²) in [6.45, 7) is 2.70. The van der Waals surface area contributed by atoms with Gasteiger partial charge in [0.1, 0.15) is 17.4 Å². The van der Waals surface area contributed by atoms with Crippen LogP contribution in [0.1, 0.15) is 18.2 Å². The quantitative estimate of drug-likeness (QED) is 0.722. The summed E-state index contributed by atoms with van der Waals surface area (Å²) in [5.41, 5.74) is 6.91. The van der Waals surface area contributed by atoms with E-state index in [1.807, 2.05) is 31.2 Å². The fourth-order valence-electron chi connectivity index (χ4n) is 2.06. The van der Waals surface area contributed by atoms with E-state index in [1.54, 1.807) is 0 Å². The normalized spacial score (nSPS) is 12.7. The summed E-state index contributed by atoms with van der Waals surface area (Å²) in [4.78, 5) is 10.7. The minimum atomic E-state index is -1.16. The molecule has 1 aromatic carbocycles.